The van der Waals surface area contributed by atoms with Gasteiger partial charge < -0.3 is 10.3 Å². The van der Waals surface area contributed by atoms with Crippen LogP contribution in [0, 0.1) is 21.4 Å². The van der Waals surface area contributed by atoms with Crippen LogP contribution in [-0.4, -0.2) is 26.7 Å². The van der Waals surface area contributed by atoms with E-state index < -0.39 is 4.92 Å². The van der Waals surface area contributed by atoms with Crippen LogP contribution in [0.5, 0.6) is 0 Å². The molecule has 1 fully saturated rings. The molecule has 138 valence electrons. The average molecular weight is 383 g/mol. The fourth-order valence-corrected chi connectivity index (χ4v) is 4.49. The molecule has 27 heavy (non-hydrogen) atoms. The molecule has 0 radical (unpaired) electrons. The highest BCUT2D eigenvalue weighted by Crippen LogP contribution is 2.38. The number of nitro benzene ring substituents is 1. The van der Waals surface area contributed by atoms with Gasteiger partial charge in [0.05, 0.1) is 22.2 Å². The maximum absolute atomic E-state index is 12.3. The van der Waals surface area contributed by atoms with Gasteiger partial charge in [0.15, 0.2) is 0 Å². The summed E-state index contributed by atoms with van der Waals surface area (Å²) in [5.74, 6) is 2.57. The number of hydrogen-bond acceptors (Lipinski definition) is 7. The second-order valence-corrected chi connectivity index (χ2v) is 7.89. The lowest BCUT2D eigenvalue weighted by Crippen LogP contribution is -2.36. The van der Waals surface area contributed by atoms with Crippen LogP contribution in [0.3, 0.4) is 0 Å². The molecule has 2 heterocycles. The van der Waals surface area contributed by atoms with Gasteiger partial charge in [-0.05, 0) is 37.1 Å². The third kappa shape index (κ3) is 3.40. The van der Waals surface area contributed by atoms with Crippen LogP contribution in [0.25, 0.3) is 0 Å². The molecule has 8 nitrogen and oxygen atoms in total. The lowest BCUT2D eigenvalue weighted by molar-refractivity contribution is -0.384. The van der Waals surface area contributed by atoms with Crippen molar-refractivity contribution in [2.75, 3.05) is 11.1 Å². The molecule has 0 spiro atoms. The van der Waals surface area contributed by atoms with Gasteiger partial charge in [0.25, 0.3) is 11.2 Å². The molecule has 4 rings (SSSR count). The van der Waals surface area contributed by atoms with E-state index in [2.05, 4.69) is 15.3 Å². The fourth-order valence-electron chi connectivity index (χ4n) is 3.51. The Morgan fingerprint density at radius 2 is 2.22 bits per heavy atom. The van der Waals surface area contributed by atoms with Crippen LogP contribution in [0.4, 0.5) is 11.4 Å². The molecule has 1 aromatic carbocycles. The van der Waals surface area contributed by atoms with Crippen molar-refractivity contribution in [2.24, 2.45) is 0 Å². The molecule has 1 aliphatic heterocycles. The summed E-state index contributed by atoms with van der Waals surface area (Å²) in [5, 5.41) is 23.3. The second kappa shape index (κ2) is 7.04. The van der Waals surface area contributed by atoms with Crippen molar-refractivity contribution in [1.29, 1.82) is 5.26 Å². The lowest BCUT2D eigenvalue weighted by Gasteiger charge is -2.36. The molecular weight excluding hydrogens is 366 g/mol. The van der Waals surface area contributed by atoms with Gasteiger partial charge in [0.1, 0.15) is 11.5 Å². The van der Waals surface area contributed by atoms with Crippen LogP contribution in [0.1, 0.15) is 41.4 Å². The van der Waals surface area contributed by atoms with E-state index in [1.54, 1.807) is 23.9 Å². The van der Waals surface area contributed by atoms with Crippen molar-refractivity contribution in [3.63, 3.8) is 0 Å². The maximum Gasteiger partial charge on any atom is 0.293 e. The Balaban J connectivity index is 1.47. The Hall–Kier alpha value is -2.86. The number of H-pyrrole nitrogens is 1. The van der Waals surface area contributed by atoms with E-state index >= 15 is 0 Å². The number of anilines is 1. The number of nitro groups is 1. The maximum atomic E-state index is 12.3. The van der Waals surface area contributed by atoms with Gasteiger partial charge in [-0.3, -0.25) is 14.9 Å². The van der Waals surface area contributed by atoms with Gasteiger partial charge in [0.2, 0.25) is 0 Å². The molecule has 2 N–H and O–H groups in total. The van der Waals surface area contributed by atoms with Crippen LogP contribution in [0.15, 0.2) is 23.0 Å². The summed E-state index contributed by atoms with van der Waals surface area (Å²) in [4.78, 5) is 30.6. The summed E-state index contributed by atoms with van der Waals surface area (Å²) in [7, 11) is 0. The first-order valence-electron chi connectivity index (χ1n) is 8.70. The summed E-state index contributed by atoms with van der Waals surface area (Å²) in [6, 6.07) is 6.39. The van der Waals surface area contributed by atoms with Crippen molar-refractivity contribution in [3.05, 3.63) is 61.3 Å². The third-order valence-corrected chi connectivity index (χ3v) is 6.04. The molecule has 0 amide bonds. The summed E-state index contributed by atoms with van der Waals surface area (Å²) in [6.07, 6.45) is 2.31. The predicted octanol–water partition coefficient (Wildman–Crippen LogP) is 2.70. The molecule has 0 saturated heterocycles. The van der Waals surface area contributed by atoms with Crippen LogP contribution in [0.2, 0.25) is 0 Å². The smallest absolute Gasteiger partial charge is 0.293 e. The van der Waals surface area contributed by atoms with E-state index in [9.17, 15) is 14.9 Å². The molecule has 1 aliphatic carbocycles. The zero-order chi connectivity index (χ0) is 19.0. The Labute approximate surface area is 159 Å². The Bertz CT molecular complexity index is 1010. The standard InChI is InChI=1S/C18H17N5O3S/c19-8-10-1-2-15(16(5-10)23(25)26)20-12-6-11(7-12)17-21-14-3-4-27-9-13(14)18(24)22-17/h1-2,5,11-12,20H,3-4,6-7,9H2,(H,21,22,24). The van der Waals surface area contributed by atoms with E-state index in [1.807, 2.05) is 6.07 Å². The van der Waals surface area contributed by atoms with Crippen LogP contribution >= 0.6 is 11.8 Å². The van der Waals surface area contributed by atoms with Crippen LogP contribution < -0.4 is 10.9 Å². The highest BCUT2D eigenvalue weighted by molar-refractivity contribution is 7.98. The molecule has 1 aromatic heterocycles. The largest absolute Gasteiger partial charge is 0.377 e. The molecule has 0 unspecified atom stereocenters. The summed E-state index contributed by atoms with van der Waals surface area (Å²) >= 11 is 1.75. The third-order valence-electron chi connectivity index (χ3n) is 5.06. The molecule has 2 aromatic rings. The first kappa shape index (κ1) is 17.5. The first-order chi connectivity index (χ1) is 13.0. The number of fused-ring (bicyclic) bond motifs is 1. The monoisotopic (exact) mass is 383 g/mol. The van der Waals surface area contributed by atoms with E-state index in [0.717, 1.165) is 47.8 Å². The molecule has 0 atom stereocenters. The summed E-state index contributed by atoms with van der Waals surface area (Å²) in [6.45, 7) is 0. The Morgan fingerprint density at radius 3 is 2.96 bits per heavy atom. The Morgan fingerprint density at radius 1 is 1.41 bits per heavy atom. The highest BCUT2D eigenvalue weighted by Gasteiger charge is 2.34. The summed E-state index contributed by atoms with van der Waals surface area (Å²) in [5.41, 5.74) is 2.22. The van der Waals surface area contributed by atoms with Crippen molar-refractivity contribution >= 4 is 23.1 Å². The minimum absolute atomic E-state index is 0.0404. The number of aromatic nitrogens is 2. The minimum Gasteiger partial charge on any atom is -0.377 e. The van der Waals surface area contributed by atoms with Crippen molar-refractivity contribution in [3.8, 4) is 6.07 Å². The number of nitrogens with one attached hydrogen (secondary N) is 2. The van der Waals surface area contributed by atoms with E-state index in [1.165, 1.54) is 6.07 Å². The number of thioether (sulfide) groups is 1. The normalized spacial score (nSPS) is 20.9. The van der Waals surface area contributed by atoms with Crippen molar-refractivity contribution < 1.29 is 4.92 Å². The number of hydrogen-bond donors (Lipinski definition) is 2. The minimum atomic E-state index is -0.486. The van der Waals surface area contributed by atoms with E-state index in [-0.39, 0.29) is 28.8 Å². The number of nitrogens with zero attached hydrogens (tertiary/aromatic N) is 3. The van der Waals surface area contributed by atoms with Gasteiger partial charge in [-0.25, -0.2) is 4.98 Å². The van der Waals surface area contributed by atoms with Gasteiger partial charge >= 0.3 is 0 Å². The fraction of sp³-hybridized carbons (Fsp3) is 0.389. The topological polar surface area (TPSA) is 125 Å². The number of nitriles is 1. The average Bonchev–Trinajstić information content (AvgIpc) is 2.64. The zero-order valence-corrected chi connectivity index (χ0v) is 15.2. The van der Waals surface area contributed by atoms with Gasteiger partial charge in [-0.1, -0.05) is 0 Å². The first-order valence-corrected chi connectivity index (χ1v) is 9.85. The van der Waals surface area contributed by atoms with E-state index in [4.69, 9.17) is 5.26 Å². The Kier molecular flexibility index (Phi) is 4.58. The van der Waals surface area contributed by atoms with Gasteiger partial charge in [-0.2, -0.15) is 17.0 Å². The quantitative estimate of drug-likeness (QED) is 0.614. The number of aromatic amines is 1. The summed E-state index contributed by atoms with van der Waals surface area (Å²) < 4.78 is 0. The molecule has 0 bridgehead atoms. The van der Waals surface area contributed by atoms with Crippen molar-refractivity contribution in [2.45, 2.75) is 37.0 Å². The number of aryl methyl sites for hydroxylation is 1. The molecular formula is C18H17N5O3S. The highest BCUT2D eigenvalue weighted by atomic mass is 32.2. The molecule has 9 heteroatoms. The van der Waals surface area contributed by atoms with Crippen LogP contribution in [-0.2, 0) is 12.2 Å². The predicted molar refractivity (Wildman–Crippen MR) is 102 cm³/mol. The molecule has 1 saturated carbocycles. The zero-order valence-electron chi connectivity index (χ0n) is 14.4. The molecule has 2 aliphatic rings. The lowest BCUT2D eigenvalue weighted by atomic mass is 9.79. The van der Waals surface area contributed by atoms with Crippen molar-refractivity contribution in [1.82, 2.24) is 9.97 Å². The number of rotatable bonds is 4. The van der Waals surface area contributed by atoms with E-state index in [0.29, 0.717) is 5.69 Å². The number of benzene rings is 1. The SMILES string of the molecule is N#Cc1ccc(NC2CC(c3nc4c(c(=O)[nH]3)CSCC4)C2)c([N+](=O)[O-])c1. The second-order valence-electron chi connectivity index (χ2n) is 6.79. The van der Waals surface area contributed by atoms with Gasteiger partial charge in [-0.15, -0.1) is 0 Å². The van der Waals surface area contributed by atoms with Gasteiger partial charge in [0, 0.05) is 29.3 Å².